The third-order valence-electron chi connectivity index (χ3n) is 2.26. The highest BCUT2D eigenvalue weighted by Gasteiger charge is 2.39. The van der Waals surface area contributed by atoms with Gasteiger partial charge in [-0.2, -0.15) is 13.2 Å². The summed E-state index contributed by atoms with van der Waals surface area (Å²) >= 11 is 5.95. The van der Waals surface area contributed by atoms with E-state index >= 15 is 0 Å². The number of aromatic nitrogens is 2. The maximum atomic E-state index is 12.1. The molecule has 2 aromatic rings. The van der Waals surface area contributed by atoms with Gasteiger partial charge < -0.3 is 9.72 Å². The van der Waals surface area contributed by atoms with E-state index in [1.54, 1.807) is 24.5 Å². The van der Waals surface area contributed by atoms with Gasteiger partial charge in [0.2, 0.25) is 0 Å². The fourth-order valence-electron chi connectivity index (χ4n) is 1.36. The van der Waals surface area contributed by atoms with Crippen LogP contribution in [0.1, 0.15) is 5.56 Å². The smallest absolute Gasteiger partial charge is 0.304 e. The number of pyridine rings is 1. The first-order valence-electron chi connectivity index (χ1n) is 4.81. The number of anilines is 1. The molecule has 0 atom stereocenters. The van der Waals surface area contributed by atoms with E-state index in [1.165, 1.54) is 10.6 Å². The van der Waals surface area contributed by atoms with Gasteiger partial charge in [-0.25, -0.2) is 4.98 Å². The normalized spacial score (nSPS) is 11.8. The number of carbonyl (C=O) groups excluding carboxylic acids is 1. The van der Waals surface area contributed by atoms with Crippen LogP contribution in [0.25, 0.3) is 5.65 Å². The molecule has 4 nitrogen and oxygen atoms in total. The van der Waals surface area contributed by atoms with Gasteiger partial charge in [-0.1, -0.05) is 11.6 Å². The SMILES string of the molecule is Cc1ccn2cc(NC(=O)C(F)(F)F)nc2c1Cl. The molecule has 0 saturated heterocycles. The van der Waals surface area contributed by atoms with Gasteiger partial charge in [0.15, 0.2) is 11.5 Å². The predicted octanol–water partition coefficient (Wildman–Crippen LogP) is 2.80. The summed E-state index contributed by atoms with van der Waals surface area (Å²) in [6.45, 7) is 1.74. The van der Waals surface area contributed by atoms with Crippen LogP contribution in [0.4, 0.5) is 19.0 Å². The van der Waals surface area contributed by atoms with Crippen molar-refractivity contribution in [2.24, 2.45) is 0 Å². The Kier molecular flexibility index (Phi) is 2.94. The molecule has 1 N–H and O–H groups in total. The Bertz CT molecular complexity index is 621. The number of halogens is 4. The number of hydrogen-bond donors (Lipinski definition) is 1. The van der Waals surface area contributed by atoms with Crippen molar-refractivity contribution in [2.45, 2.75) is 13.1 Å². The number of nitrogens with one attached hydrogen (secondary N) is 1. The predicted molar refractivity (Wildman–Crippen MR) is 59.6 cm³/mol. The van der Waals surface area contributed by atoms with Gasteiger partial charge >= 0.3 is 12.1 Å². The molecule has 2 heterocycles. The lowest BCUT2D eigenvalue weighted by molar-refractivity contribution is -0.167. The molecule has 1 amide bonds. The molecule has 0 aliphatic heterocycles. The van der Waals surface area contributed by atoms with E-state index in [2.05, 4.69) is 4.98 Å². The molecule has 0 radical (unpaired) electrons. The van der Waals surface area contributed by atoms with E-state index in [0.29, 0.717) is 5.02 Å². The van der Waals surface area contributed by atoms with Gasteiger partial charge in [0.05, 0.1) is 11.2 Å². The zero-order valence-electron chi connectivity index (χ0n) is 9.05. The number of nitrogens with zero attached hydrogens (tertiary/aromatic N) is 2. The highest BCUT2D eigenvalue weighted by Crippen LogP contribution is 2.23. The summed E-state index contributed by atoms with van der Waals surface area (Å²) in [7, 11) is 0. The molecule has 0 aromatic carbocycles. The third kappa shape index (κ3) is 2.26. The first-order chi connectivity index (χ1) is 8.29. The fraction of sp³-hybridized carbons (Fsp3) is 0.200. The Morgan fingerprint density at radius 1 is 1.50 bits per heavy atom. The number of hydrogen-bond acceptors (Lipinski definition) is 2. The van der Waals surface area contributed by atoms with Crippen molar-refractivity contribution in [1.82, 2.24) is 9.38 Å². The largest absolute Gasteiger partial charge is 0.471 e. The summed E-state index contributed by atoms with van der Waals surface area (Å²) in [5.74, 6) is -2.27. The molecule has 0 bridgehead atoms. The van der Waals surface area contributed by atoms with E-state index in [4.69, 9.17) is 11.6 Å². The second-order valence-corrected chi connectivity index (χ2v) is 4.00. The first-order valence-corrected chi connectivity index (χ1v) is 5.19. The Morgan fingerprint density at radius 2 is 2.17 bits per heavy atom. The number of rotatable bonds is 1. The molecule has 0 aliphatic carbocycles. The number of amides is 1. The quantitative estimate of drug-likeness (QED) is 0.871. The van der Waals surface area contributed by atoms with E-state index in [0.717, 1.165) is 5.56 Å². The van der Waals surface area contributed by atoms with Gasteiger partial charge in [0, 0.05) is 6.20 Å². The van der Waals surface area contributed by atoms with Crippen molar-refractivity contribution >= 4 is 29.0 Å². The van der Waals surface area contributed by atoms with E-state index in [1.807, 2.05) is 0 Å². The minimum absolute atomic E-state index is 0.204. The molecule has 2 aromatic heterocycles. The zero-order chi connectivity index (χ0) is 13.5. The van der Waals surface area contributed by atoms with Gasteiger partial charge in [0.25, 0.3) is 0 Å². The summed E-state index contributed by atoms with van der Waals surface area (Å²) in [6.07, 6.45) is -2.10. The van der Waals surface area contributed by atoms with Crippen LogP contribution in [0, 0.1) is 6.92 Å². The fourth-order valence-corrected chi connectivity index (χ4v) is 1.56. The summed E-state index contributed by atoms with van der Waals surface area (Å²) in [5, 5.41) is 1.99. The Morgan fingerprint density at radius 3 is 2.78 bits per heavy atom. The molecule has 0 spiro atoms. The van der Waals surface area contributed by atoms with Crippen LogP contribution in [0.15, 0.2) is 18.5 Å². The maximum Gasteiger partial charge on any atom is 0.471 e. The number of alkyl halides is 3. The summed E-state index contributed by atoms with van der Waals surface area (Å²) in [5.41, 5.74) is 1.03. The van der Waals surface area contributed by atoms with Crippen molar-refractivity contribution < 1.29 is 18.0 Å². The van der Waals surface area contributed by atoms with Crippen molar-refractivity contribution in [1.29, 1.82) is 0 Å². The summed E-state index contributed by atoms with van der Waals surface area (Å²) in [6, 6.07) is 1.69. The van der Waals surface area contributed by atoms with Crippen LogP contribution in [-0.2, 0) is 4.79 Å². The average Bonchev–Trinajstić information content (AvgIpc) is 2.66. The lowest BCUT2D eigenvalue weighted by atomic mass is 10.3. The van der Waals surface area contributed by atoms with E-state index in [9.17, 15) is 18.0 Å². The van der Waals surface area contributed by atoms with E-state index in [-0.39, 0.29) is 11.5 Å². The number of fused-ring (bicyclic) bond motifs is 1. The Hall–Kier alpha value is -1.76. The second-order valence-electron chi connectivity index (χ2n) is 3.62. The molecule has 18 heavy (non-hydrogen) atoms. The topological polar surface area (TPSA) is 46.4 Å². The number of aryl methyl sites for hydroxylation is 1. The lowest BCUT2D eigenvalue weighted by Crippen LogP contribution is -2.30. The molecule has 0 fully saturated rings. The monoisotopic (exact) mass is 277 g/mol. The number of carbonyl (C=O) groups is 1. The van der Waals surface area contributed by atoms with Crippen LogP contribution in [0.2, 0.25) is 5.02 Å². The average molecular weight is 278 g/mol. The molecule has 8 heteroatoms. The third-order valence-corrected chi connectivity index (χ3v) is 2.73. The summed E-state index contributed by atoms with van der Waals surface area (Å²) < 4.78 is 37.6. The molecule has 2 rings (SSSR count). The highest BCUT2D eigenvalue weighted by molar-refractivity contribution is 6.34. The van der Waals surface area contributed by atoms with Crippen molar-refractivity contribution in [2.75, 3.05) is 5.32 Å². The zero-order valence-corrected chi connectivity index (χ0v) is 9.80. The van der Waals surface area contributed by atoms with Gasteiger partial charge in [-0.05, 0) is 18.6 Å². The Balaban J connectivity index is 2.37. The van der Waals surface area contributed by atoms with Gasteiger partial charge in [-0.3, -0.25) is 4.79 Å². The minimum Gasteiger partial charge on any atom is -0.304 e. The van der Waals surface area contributed by atoms with Crippen LogP contribution >= 0.6 is 11.6 Å². The number of imidazole rings is 1. The van der Waals surface area contributed by atoms with Crippen molar-refractivity contribution in [3.63, 3.8) is 0 Å². The molecular formula is C10H7ClF3N3O. The maximum absolute atomic E-state index is 12.1. The van der Waals surface area contributed by atoms with Crippen LogP contribution in [0.3, 0.4) is 0 Å². The van der Waals surface area contributed by atoms with E-state index < -0.39 is 12.1 Å². The molecule has 0 aliphatic rings. The highest BCUT2D eigenvalue weighted by atomic mass is 35.5. The molecule has 0 unspecified atom stereocenters. The second kappa shape index (κ2) is 4.16. The van der Waals surface area contributed by atoms with Crippen molar-refractivity contribution in [3.05, 3.63) is 29.0 Å². The molecule has 96 valence electrons. The summed E-state index contributed by atoms with van der Waals surface area (Å²) in [4.78, 5) is 14.6. The lowest BCUT2D eigenvalue weighted by Gasteiger charge is -2.04. The van der Waals surface area contributed by atoms with Gasteiger partial charge in [-0.15, -0.1) is 0 Å². The van der Waals surface area contributed by atoms with Crippen LogP contribution in [-0.4, -0.2) is 21.5 Å². The molecular weight excluding hydrogens is 271 g/mol. The van der Waals surface area contributed by atoms with Crippen molar-refractivity contribution in [3.8, 4) is 0 Å². The van der Waals surface area contributed by atoms with Crippen LogP contribution < -0.4 is 5.32 Å². The first kappa shape index (κ1) is 12.7. The minimum atomic E-state index is -4.95. The van der Waals surface area contributed by atoms with Crippen LogP contribution in [0.5, 0.6) is 0 Å². The van der Waals surface area contributed by atoms with Gasteiger partial charge in [0.1, 0.15) is 0 Å². The Labute approximate surface area is 104 Å². The molecule has 0 saturated carbocycles. The standard InChI is InChI=1S/C10H7ClF3N3O/c1-5-2-3-17-4-6(15-8(17)7(5)11)16-9(18)10(12,13)14/h2-4H,1H3,(H,16,18).